The number of benzene rings is 2. The maximum absolute atomic E-state index is 12.5. The van der Waals surface area contributed by atoms with Crippen molar-refractivity contribution in [1.82, 2.24) is 10.2 Å². The summed E-state index contributed by atoms with van der Waals surface area (Å²) in [5, 5.41) is 14.4. The van der Waals surface area contributed by atoms with E-state index >= 15 is 0 Å². The molecule has 29 heavy (non-hydrogen) atoms. The van der Waals surface area contributed by atoms with E-state index in [4.69, 9.17) is 4.74 Å². The fraction of sp³-hybridized carbons (Fsp3) is 0.409. The van der Waals surface area contributed by atoms with E-state index in [1.807, 2.05) is 36.4 Å². The summed E-state index contributed by atoms with van der Waals surface area (Å²) >= 11 is 0. The zero-order valence-corrected chi connectivity index (χ0v) is 16.5. The van der Waals surface area contributed by atoms with Crippen molar-refractivity contribution in [3.63, 3.8) is 0 Å². The number of hydrogen-bond acceptors (Lipinski definition) is 4. The molecule has 1 aliphatic rings. The minimum Gasteiger partial charge on any atom is -0.481 e. The summed E-state index contributed by atoms with van der Waals surface area (Å²) in [7, 11) is 1.47. The Morgan fingerprint density at radius 2 is 1.93 bits per heavy atom. The van der Waals surface area contributed by atoms with Gasteiger partial charge in [-0.25, -0.2) is 0 Å². The lowest BCUT2D eigenvalue weighted by Crippen LogP contribution is -2.52. The molecule has 1 unspecified atom stereocenters. The molecule has 7 heteroatoms. The Morgan fingerprint density at radius 1 is 1.17 bits per heavy atom. The van der Waals surface area contributed by atoms with Gasteiger partial charge in [0.15, 0.2) is 0 Å². The summed E-state index contributed by atoms with van der Waals surface area (Å²) in [6.07, 6.45) is 1.23. The molecule has 1 fully saturated rings. The van der Waals surface area contributed by atoms with Crippen molar-refractivity contribution in [2.24, 2.45) is 5.41 Å². The number of amides is 2. The summed E-state index contributed by atoms with van der Waals surface area (Å²) < 4.78 is 5.09. The Kier molecular flexibility index (Phi) is 6.49. The lowest BCUT2D eigenvalue weighted by atomic mass is 9.80. The molecule has 0 spiro atoms. The van der Waals surface area contributed by atoms with Crippen LogP contribution in [0.1, 0.15) is 29.6 Å². The van der Waals surface area contributed by atoms with E-state index in [0.717, 1.165) is 10.8 Å². The molecule has 0 radical (unpaired) electrons. The largest absolute Gasteiger partial charge is 0.481 e. The van der Waals surface area contributed by atoms with Crippen LogP contribution in [-0.4, -0.2) is 61.1 Å². The number of hydrogen-bond donors (Lipinski definition) is 2. The highest BCUT2D eigenvalue weighted by Crippen LogP contribution is 2.31. The summed E-state index contributed by atoms with van der Waals surface area (Å²) in [6.45, 7) is 0.931. The smallest absolute Gasteiger partial charge is 0.313 e. The van der Waals surface area contributed by atoms with Crippen LogP contribution in [0.15, 0.2) is 42.5 Å². The second-order valence-electron chi connectivity index (χ2n) is 7.51. The summed E-state index contributed by atoms with van der Waals surface area (Å²) in [5.74, 6) is -1.34. The molecule has 1 saturated heterocycles. The van der Waals surface area contributed by atoms with Crippen molar-refractivity contribution < 1.29 is 24.2 Å². The van der Waals surface area contributed by atoms with Crippen molar-refractivity contribution in [2.75, 3.05) is 33.4 Å². The lowest BCUT2D eigenvalue weighted by molar-refractivity contribution is -0.159. The number of nitrogens with one attached hydrogen (secondary N) is 1. The number of nitrogens with zero attached hydrogens (tertiary/aromatic N) is 1. The number of likely N-dealkylation sites (tertiary alicyclic amines) is 1. The Hall–Kier alpha value is -2.93. The van der Waals surface area contributed by atoms with Crippen molar-refractivity contribution in [1.29, 1.82) is 0 Å². The van der Waals surface area contributed by atoms with Gasteiger partial charge in [-0.3, -0.25) is 14.4 Å². The monoisotopic (exact) mass is 398 g/mol. The maximum Gasteiger partial charge on any atom is 0.313 e. The van der Waals surface area contributed by atoms with Gasteiger partial charge in [0.05, 0.1) is 6.61 Å². The van der Waals surface area contributed by atoms with Crippen molar-refractivity contribution in [3.05, 3.63) is 48.0 Å². The van der Waals surface area contributed by atoms with E-state index in [1.54, 1.807) is 11.0 Å². The first-order chi connectivity index (χ1) is 13.9. The highest BCUT2D eigenvalue weighted by atomic mass is 16.5. The molecule has 1 heterocycles. The number of rotatable bonds is 7. The number of methoxy groups -OCH3 is 1. The van der Waals surface area contributed by atoms with Gasteiger partial charge >= 0.3 is 5.97 Å². The molecule has 2 aromatic carbocycles. The third-order valence-electron chi connectivity index (χ3n) is 5.44. The predicted molar refractivity (Wildman–Crippen MR) is 109 cm³/mol. The van der Waals surface area contributed by atoms with E-state index in [9.17, 15) is 19.5 Å². The fourth-order valence-corrected chi connectivity index (χ4v) is 3.85. The molecular weight excluding hydrogens is 372 g/mol. The van der Waals surface area contributed by atoms with Crippen molar-refractivity contribution >= 4 is 28.6 Å². The number of carbonyl (C=O) groups excluding carboxylic acids is 2. The van der Waals surface area contributed by atoms with Crippen LogP contribution in [0.5, 0.6) is 0 Å². The predicted octanol–water partition coefficient (Wildman–Crippen LogP) is 2.30. The Labute approximate surface area is 169 Å². The van der Waals surface area contributed by atoms with Gasteiger partial charge in [-0.15, -0.1) is 0 Å². The Morgan fingerprint density at radius 3 is 2.66 bits per heavy atom. The van der Waals surface area contributed by atoms with Crippen LogP contribution in [0, 0.1) is 5.41 Å². The molecule has 7 nitrogen and oxygen atoms in total. The summed E-state index contributed by atoms with van der Waals surface area (Å²) in [6, 6.07) is 13.3. The van der Waals surface area contributed by atoms with E-state index in [1.165, 1.54) is 7.11 Å². The van der Waals surface area contributed by atoms with Crippen LogP contribution in [0.25, 0.3) is 10.8 Å². The second kappa shape index (κ2) is 9.05. The zero-order chi connectivity index (χ0) is 20.9. The van der Waals surface area contributed by atoms with Crippen LogP contribution in [0.3, 0.4) is 0 Å². The molecule has 0 aromatic heterocycles. The van der Waals surface area contributed by atoms with Crippen LogP contribution >= 0.6 is 0 Å². The highest BCUT2D eigenvalue weighted by Gasteiger charge is 2.43. The van der Waals surface area contributed by atoms with Crippen LogP contribution in [0.4, 0.5) is 0 Å². The third kappa shape index (κ3) is 4.74. The van der Waals surface area contributed by atoms with Crippen molar-refractivity contribution in [3.8, 4) is 0 Å². The minimum absolute atomic E-state index is 0.0742. The van der Waals surface area contributed by atoms with Gasteiger partial charge in [0.25, 0.3) is 5.91 Å². The molecule has 1 atom stereocenters. The first-order valence-corrected chi connectivity index (χ1v) is 9.72. The van der Waals surface area contributed by atoms with Gasteiger partial charge < -0.3 is 20.1 Å². The molecule has 0 bridgehead atoms. The molecule has 1 aliphatic heterocycles. The number of carboxylic acids is 1. The summed E-state index contributed by atoms with van der Waals surface area (Å²) in [5.41, 5.74) is -0.518. The van der Waals surface area contributed by atoms with Gasteiger partial charge in [0.2, 0.25) is 5.91 Å². The van der Waals surface area contributed by atoms with Gasteiger partial charge in [-0.05, 0) is 35.7 Å². The molecule has 0 saturated carbocycles. The molecule has 2 N–H and O–H groups in total. The quantitative estimate of drug-likeness (QED) is 0.746. The van der Waals surface area contributed by atoms with Gasteiger partial charge in [-0.1, -0.05) is 30.3 Å². The number of ether oxygens (including phenoxy) is 1. The average molecular weight is 398 g/mol. The molecule has 3 rings (SSSR count). The summed E-state index contributed by atoms with van der Waals surface area (Å²) in [4.78, 5) is 38.2. The van der Waals surface area contributed by atoms with Crippen LogP contribution in [-0.2, 0) is 14.3 Å². The molecule has 154 valence electrons. The van der Waals surface area contributed by atoms with Gasteiger partial charge in [0.1, 0.15) is 5.41 Å². The number of carboxylic acid groups (broad SMARTS) is 1. The standard InChI is InChI=1S/C22H26N2O5/c1-29-15-22(21(27)28)10-4-12-24(14-22)19(25)9-11-23-20(26)18-8-7-16-5-2-3-6-17(16)13-18/h2-3,5-8,13H,4,9-12,14-15H2,1H3,(H,23,26)(H,27,28). The number of piperidine rings is 1. The molecule has 2 amide bonds. The second-order valence-corrected chi connectivity index (χ2v) is 7.51. The minimum atomic E-state index is -1.06. The van der Waals surface area contributed by atoms with Gasteiger partial charge in [-0.2, -0.15) is 0 Å². The Balaban J connectivity index is 1.54. The van der Waals surface area contributed by atoms with Crippen LogP contribution < -0.4 is 5.32 Å². The highest BCUT2D eigenvalue weighted by molar-refractivity contribution is 5.98. The van der Waals surface area contributed by atoms with E-state index in [2.05, 4.69) is 5.32 Å². The molecular formula is C22H26N2O5. The fourth-order valence-electron chi connectivity index (χ4n) is 3.85. The number of aliphatic carboxylic acids is 1. The Bertz CT molecular complexity index is 909. The van der Waals surface area contributed by atoms with E-state index in [-0.39, 0.29) is 37.9 Å². The SMILES string of the molecule is COCC1(C(=O)O)CCCN(C(=O)CCNC(=O)c2ccc3ccccc3c2)C1. The van der Waals surface area contributed by atoms with Crippen molar-refractivity contribution in [2.45, 2.75) is 19.3 Å². The van der Waals surface area contributed by atoms with E-state index < -0.39 is 11.4 Å². The molecule has 0 aliphatic carbocycles. The maximum atomic E-state index is 12.5. The first kappa shape index (κ1) is 20.8. The molecule has 2 aromatic rings. The number of carbonyl (C=O) groups is 3. The zero-order valence-electron chi connectivity index (χ0n) is 16.5. The lowest BCUT2D eigenvalue weighted by Gasteiger charge is -2.39. The average Bonchev–Trinajstić information content (AvgIpc) is 2.73. The van der Waals surface area contributed by atoms with E-state index in [0.29, 0.717) is 24.9 Å². The first-order valence-electron chi connectivity index (χ1n) is 9.72. The van der Waals surface area contributed by atoms with Gasteiger partial charge in [0, 0.05) is 38.7 Å². The third-order valence-corrected chi connectivity index (χ3v) is 5.44. The normalized spacial score (nSPS) is 19.1. The number of fused-ring (bicyclic) bond motifs is 1. The van der Waals surface area contributed by atoms with Crippen LogP contribution in [0.2, 0.25) is 0 Å². The topological polar surface area (TPSA) is 95.9 Å².